The number of benzene rings is 2. The smallest absolute Gasteiger partial charge is 0.141 e. The highest BCUT2D eigenvalue weighted by molar-refractivity contribution is 6.36. The molecule has 2 aromatic carbocycles. The fraction of sp³-hybridized carbons (Fsp3) is 0.115. The molecular formula is C26H18Cl3FN8O. The summed E-state index contributed by atoms with van der Waals surface area (Å²) in [5, 5.41) is 35.0. The van der Waals surface area contributed by atoms with Crippen LogP contribution in [0.3, 0.4) is 0 Å². The fourth-order valence-electron chi connectivity index (χ4n) is 4.03. The van der Waals surface area contributed by atoms with Crippen molar-refractivity contribution in [2.24, 2.45) is 0 Å². The lowest BCUT2D eigenvalue weighted by Crippen LogP contribution is -2.14. The number of hydrogen-bond donors (Lipinski definition) is 3. The maximum atomic E-state index is 13.7. The monoisotopic (exact) mass is 582 g/mol. The normalized spacial score (nSPS) is 11.8. The van der Waals surface area contributed by atoms with Crippen molar-refractivity contribution in [1.82, 2.24) is 25.0 Å². The molecule has 3 aromatic heterocycles. The fourth-order valence-corrected chi connectivity index (χ4v) is 4.71. The Kier molecular flexibility index (Phi) is 7.77. The van der Waals surface area contributed by atoms with Crippen LogP contribution in [0.15, 0.2) is 61.1 Å². The molecule has 5 aromatic rings. The summed E-state index contributed by atoms with van der Waals surface area (Å²) in [6.45, 7) is 0.172. The molecule has 0 saturated carbocycles. The van der Waals surface area contributed by atoms with Gasteiger partial charge in [-0.25, -0.2) is 14.1 Å². The summed E-state index contributed by atoms with van der Waals surface area (Å²) in [5.74, 6) is -0.562. The van der Waals surface area contributed by atoms with Crippen LogP contribution in [0.1, 0.15) is 22.9 Å². The molecule has 1 atom stereocenters. The van der Waals surface area contributed by atoms with Crippen molar-refractivity contribution in [2.75, 3.05) is 17.2 Å². The molecular weight excluding hydrogens is 566 g/mol. The number of aliphatic hydroxyl groups is 1. The molecule has 0 radical (unpaired) electrons. The lowest BCUT2D eigenvalue weighted by molar-refractivity contribution is 0.268. The number of nitrogens with zero attached hydrogens (tertiary/aromatic N) is 6. The number of hydrogen-bond acceptors (Lipinski definition) is 8. The predicted molar refractivity (Wildman–Crippen MR) is 148 cm³/mol. The molecule has 0 bridgehead atoms. The lowest BCUT2D eigenvalue weighted by Gasteiger charge is -2.20. The van der Waals surface area contributed by atoms with Crippen LogP contribution in [0.5, 0.6) is 0 Å². The Morgan fingerprint density at radius 2 is 1.90 bits per heavy atom. The van der Waals surface area contributed by atoms with Gasteiger partial charge in [-0.15, -0.1) is 5.10 Å². The van der Waals surface area contributed by atoms with E-state index in [1.54, 1.807) is 36.7 Å². The third-order valence-corrected chi connectivity index (χ3v) is 6.72. The van der Waals surface area contributed by atoms with Crippen LogP contribution in [0.2, 0.25) is 15.2 Å². The van der Waals surface area contributed by atoms with Gasteiger partial charge in [-0.05, 0) is 36.4 Å². The van der Waals surface area contributed by atoms with Crippen molar-refractivity contribution in [3.8, 4) is 6.07 Å². The van der Waals surface area contributed by atoms with Gasteiger partial charge < -0.3 is 15.7 Å². The van der Waals surface area contributed by atoms with Crippen molar-refractivity contribution < 1.29 is 9.50 Å². The minimum Gasteiger partial charge on any atom is -0.394 e. The van der Waals surface area contributed by atoms with Gasteiger partial charge in [-0.1, -0.05) is 46.1 Å². The first-order valence-corrected chi connectivity index (χ1v) is 12.6. The molecule has 0 aliphatic heterocycles. The zero-order chi connectivity index (χ0) is 27.5. The molecule has 0 fully saturated rings. The molecule has 13 heteroatoms. The van der Waals surface area contributed by atoms with Crippen molar-refractivity contribution in [3.05, 3.63) is 98.9 Å². The molecule has 0 saturated heterocycles. The van der Waals surface area contributed by atoms with E-state index in [0.29, 0.717) is 44.2 Å². The zero-order valence-electron chi connectivity index (χ0n) is 19.9. The maximum Gasteiger partial charge on any atom is 0.141 e. The van der Waals surface area contributed by atoms with E-state index in [2.05, 4.69) is 37.0 Å². The van der Waals surface area contributed by atoms with Crippen LogP contribution in [0.25, 0.3) is 10.9 Å². The highest BCUT2D eigenvalue weighted by Crippen LogP contribution is 2.37. The number of aromatic nitrogens is 5. The second kappa shape index (κ2) is 11.4. The summed E-state index contributed by atoms with van der Waals surface area (Å²) in [7, 11) is 0. The SMILES string of the molecule is N#Cc1cnc2c(Cl)cc(NC(c3cn(CCO)nn3)c3cccnc3Cl)cc2c1Nc1ccc(F)c(Cl)c1. The van der Waals surface area contributed by atoms with Crippen LogP contribution in [0, 0.1) is 17.1 Å². The van der Waals surface area contributed by atoms with E-state index in [0.717, 1.165) is 0 Å². The molecule has 39 heavy (non-hydrogen) atoms. The minimum atomic E-state index is -0.591. The maximum absolute atomic E-state index is 13.7. The summed E-state index contributed by atoms with van der Waals surface area (Å²) in [6.07, 6.45) is 4.68. The molecule has 1 unspecified atom stereocenters. The van der Waals surface area contributed by atoms with Crippen LogP contribution < -0.4 is 10.6 Å². The molecule has 3 N–H and O–H groups in total. The number of pyridine rings is 2. The number of fused-ring (bicyclic) bond motifs is 1. The van der Waals surface area contributed by atoms with Gasteiger partial charge in [0, 0.05) is 34.7 Å². The highest BCUT2D eigenvalue weighted by Gasteiger charge is 2.22. The van der Waals surface area contributed by atoms with Crippen LogP contribution >= 0.6 is 34.8 Å². The first-order chi connectivity index (χ1) is 18.9. The van der Waals surface area contributed by atoms with Crippen LogP contribution in [-0.4, -0.2) is 36.7 Å². The van der Waals surface area contributed by atoms with Gasteiger partial charge in [0.25, 0.3) is 0 Å². The summed E-state index contributed by atoms with van der Waals surface area (Å²) in [4.78, 5) is 8.56. The summed E-state index contributed by atoms with van der Waals surface area (Å²) in [6, 6.07) is 12.7. The number of halogens is 4. The molecule has 9 nitrogen and oxygen atoms in total. The Labute approximate surface area is 236 Å². The van der Waals surface area contributed by atoms with E-state index in [1.807, 2.05) is 0 Å². The van der Waals surface area contributed by atoms with Gasteiger partial charge in [-0.2, -0.15) is 5.26 Å². The largest absolute Gasteiger partial charge is 0.394 e. The summed E-state index contributed by atoms with van der Waals surface area (Å²) < 4.78 is 15.2. The Hall–Kier alpha value is -4.01. The summed E-state index contributed by atoms with van der Waals surface area (Å²) in [5.41, 5.74) is 3.30. The quantitative estimate of drug-likeness (QED) is 0.186. The highest BCUT2D eigenvalue weighted by atomic mass is 35.5. The summed E-state index contributed by atoms with van der Waals surface area (Å²) >= 11 is 19.1. The molecule has 0 spiro atoms. The molecule has 0 aliphatic carbocycles. The third-order valence-electron chi connectivity index (χ3n) is 5.83. The standard InChI is InChI=1S/C26H18Cl3FN8O/c27-19-9-15(3-4-21(19)30)34-23-14(11-31)12-33-24-18(23)8-16(10-20(24)28)35-25(17-2-1-5-32-26(17)29)22-13-38(6-7-39)37-36-22/h1-5,8-10,12-13,25,35,39H,6-7H2,(H,33,34). The van der Waals surface area contributed by atoms with E-state index in [1.165, 1.54) is 29.1 Å². The van der Waals surface area contributed by atoms with Crippen molar-refractivity contribution in [2.45, 2.75) is 12.6 Å². The number of rotatable bonds is 8. The zero-order valence-corrected chi connectivity index (χ0v) is 22.2. The number of nitriles is 1. The van der Waals surface area contributed by atoms with Crippen LogP contribution in [0.4, 0.5) is 21.5 Å². The topological polar surface area (TPSA) is 125 Å². The van der Waals surface area contributed by atoms with E-state index >= 15 is 0 Å². The van der Waals surface area contributed by atoms with Gasteiger partial charge in [0.05, 0.1) is 46.2 Å². The Bertz CT molecular complexity index is 1720. The molecule has 0 amide bonds. The van der Waals surface area contributed by atoms with E-state index in [9.17, 15) is 14.8 Å². The molecule has 3 heterocycles. The van der Waals surface area contributed by atoms with Crippen LogP contribution in [-0.2, 0) is 6.54 Å². The number of anilines is 3. The number of aliphatic hydroxyl groups excluding tert-OH is 1. The number of nitrogens with one attached hydrogen (secondary N) is 2. The average Bonchev–Trinajstić information content (AvgIpc) is 3.39. The second-order valence-electron chi connectivity index (χ2n) is 8.36. The predicted octanol–water partition coefficient (Wildman–Crippen LogP) is 6.13. The van der Waals surface area contributed by atoms with E-state index < -0.39 is 11.9 Å². The lowest BCUT2D eigenvalue weighted by atomic mass is 10.0. The first-order valence-electron chi connectivity index (χ1n) is 11.5. The molecule has 196 valence electrons. The second-order valence-corrected chi connectivity index (χ2v) is 9.53. The van der Waals surface area contributed by atoms with Gasteiger partial charge >= 0.3 is 0 Å². The van der Waals surface area contributed by atoms with Gasteiger partial charge in [0.15, 0.2) is 0 Å². The molecule has 0 aliphatic rings. The van der Waals surface area contributed by atoms with Crippen molar-refractivity contribution in [3.63, 3.8) is 0 Å². The molecule has 5 rings (SSSR count). The Morgan fingerprint density at radius 1 is 1.08 bits per heavy atom. The van der Waals surface area contributed by atoms with Gasteiger partial charge in [-0.3, -0.25) is 4.98 Å². The van der Waals surface area contributed by atoms with Crippen molar-refractivity contribution in [1.29, 1.82) is 5.26 Å². The average molecular weight is 584 g/mol. The third kappa shape index (κ3) is 5.57. The Morgan fingerprint density at radius 3 is 2.64 bits per heavy atom. The van der Waals surface area contributed by atoms with E-state index in [-0.39, 0.29) is 28.9 Å². The van der Waals surface area contributed by atoms with Gasteiger partial charge in [0.1, 0.15) is 28.8 Å². The Balaban J connectivity index is 1.62. The first kappa shape index (κ1) is 26.6. The van der Waals surface area contributed by atoms with Gasteiger partial charge in [0.2, 0.25) is 0 Å². The van der Waals surface area contributed by atoms with E-state index in [4.69, 9.17) is 34.8 Å². The van der Waals surface area contributed by atoms with Crippen molar-refractivity contribution >= 4 is 62.8 Å². The minimum absolute atomic E-state index is 0.0670.